The summed E-state index contributed by atoms with van der Waals surface area (Å²) in [5.41, 5.74) is 10.7. The number of aromatic carboxylic acids is 1. The number of hydrogen-bond donors (Lipinski definition) is 7. The Bertz CT molecular complexity index is 5050. The lowest BCUT2D eigenvalue weighted by molar-refractivity contribution is 0.0694. The molecule has 14 rings (SSSR count). The molecule has 24 nitrogen and oxygen atoms in total. The van der Waals surface area contributed by atoms with Gasteiger partial charge in [0.1, 0.15) is 5.56 Å². The summed E-state index contributed by atoms with van der Waals surface area (Å²) in [6.45, 7) is 9.93. The van der Waals surface area contributed by atoms with Gasteiger partial charge in [0.15, 0.2) is 0 Å². The van der Waals surface area contributed by atoms with Crippen LogP contribution in [-0.2, 0) is 24.0 Å². The number of carboxylic acid groups (broad SMARTS) is 1. The zero-order valence-corrected chi connectivity index (χ0v) is 45.3. The van der Waals surface area contributed by atoms with Crippen molar-refractivity contribution in [2.75, 3.05) is 20.3 Å². The molecule has 7 N–H and O–H groups in total. The second-order valence-electron chi connectivity index (χ2n) is 18.9. The van der Waals surface area contributed by atoms with E-state index in [0.29, 0.717) is 59.4 Å². The monoisotopic (exact) mass is 1110 g/mol. The van der Waals surface area contributed by atoms with Crippen LogP contribution >= 0.6 is 0 Å². The summed E-state index contributed by atoms with van der Waals surface area (Å²) in [4.78, 5) is 108. The Balaban J connectivity index is 0.000000115. The number of aliphatic hydroxyl groups is 1. The van der Waals surface area contributed by atoms with Crippen molar-refractivity contribution < 1.29 is 19.7 Å². The fourth-order valence-corrected chi connectivity index (χ4v) is 9.74. The predicted molar refractivity (Wildman–Crippen MR) is 311 cm³/mol. The number of rotatable bonds is 7. The van der Waals surface area contributed by atoms with E-state index in [1.54, 1.807) is 57.0 Å². The van der Waals surface area contributed by atoms with Gasteiger partial charge in [-0.15, -0.1) is 0 Å². The van der Waals surface area contributed by atoms with Crippen molar-refractivity contribution in [2.24, 2.45) is 0 Å². The van der Waals surface area contributed by atoms with E-state index in [-0.39, 0.29) is 34.4 Å². The highest BCUT2D eigenvalue weighted by molar-refractivity contribution is 5.88. The summed E-state index contributed by atoms with van der Waals surface area (Å²) in [5, 5.41) is 17.9. The quantitative estimate of drug-likeness (QED) is 0.0971. The van der Waals surface area contributed by atoms with E-state index in [1.807, 2.05) is 113 Å². The summed E-state index contributed by atoms with van der Waals surface area (Å²) in [6, 6.07) is 31.4. The maximum absolute atomic E-state index is 12.6. The molecule has 0 amide bonds. The highest BCUT2D eigenvalue weighted by Gasteiger charge is 2.17. The number of carboxylic acids is 1. The van der Waals surface area contributed by atoms with Crippen LogP contribution in [-0.4, -0.2) is 108 Å². The summed E-state index contributed by atoms with van der Waals surface area (Å²) < 4.78 is 12.6. The Morgan fingerprint density at radius 3 is 1.59 bits per heavy atom. The number of aliphatic hydroxyl groups excluding tert-OH is 1. The van der Waals surface area contributed by atoms with Crippen LogP contribution in [0.3, 0.4) is 0 Å². The van der Waals surface area contributed by atoms with Crippen LogP contribution in [0.15, 0.2) is 146 Å². The number of ether oxygens (including phenoxy) is 1. The molecule has 10 aromatic heterocycles. The number of aryl methyl sites for hydroxylation is 4. The van der Waals surface area contributed by atoms with Gasteiger partial charge in [0.25, 0.3) is 27.8 Å². The number of aromatic amines is 5. The molecule has 0 aliphatic heterocycles. The van der Waals surface area contributed by atoms with Crippen LogP contribution in [0.1, 0.15) is 56.7 Å². The number of para-hydroxylation sites is 8. The molecule has 0 aliphatic carbocycles. The Morgan fingerprint density at radius 1 is 0.549 bits per heavy atom. The molecule has 416 valence electrons. The molecule has 4 aromatic carbocycles. The summed E-state index contributed by atoms with van der Waals surface area (Å²) >= 11 is 0. The number of nitrogens with zero attached hydrogens (tertiary/aromatic N) is 10. The summed E-state index contributed by atoms with van der Waals surface area (Å²) in [6.07, 6.45) is 6.05. The Morgan fingerprint density at radius 2 is 1.04 bits per heavy atom. The molecule has 82 heavy (non-hydrogen) atoms. The van der Waals surface area contributed by atoms with Crippen molar-refractivity contribution in [3.05, 3.63) is 219 Å². The third kappa shape index (κ3) is 10.3. The highest BCUT2D eigenvalue weighted by Crippen LogP contribution is 2.18. The van der Waals surface area contributed by atoms with Gasteiger partial charge >= 0.3 is 5.97 Å². The standard InChI is InChI=1S/C14H15N3O2.C13H13N3O2.C11H7N3O3.C11H9N3O.C9H11N3O/c1-9-10(7-8-19-2)13(18)17-12-6-4-3-5-11(12)16-14(17)15-9;1-8-9(6-7-17)12(18)16-11-5-3-2-4-10(11)15-13(16)14-8;15-9-6(10(16)17)5-12-11-13-7-3-1-2-4-8(7)14(9)11;1-7-6-10(15)14-9-5-3-2-4-8(9)13-11(14)12-7;1-3-7-6(2)11-9-10-4-5-12(9)8(7)13/h3-6H,7-8H2,1-2H3,(H,15,16);2-5,17H,6-7H2,1H3,(H,14,15);1-5H,(H,12,13)(H,16,17);2-6H,1H3,(H,12,13);4-5H,3H2,1-2H3,(H,10,11). The number of fused-ring (bicyclic) bond motifs is 13. The molecule has 24 heteroatoms. The average molecular weight is 1110 g/mol. The molecule has 0 bridgehead atoms. The average Bonchev–Trinajstić information content (AvgIpc) is 4.24. The van der Waals surface area contributed by atoms with E-state index in [2.05, 4.69) is 49.8 Å². The number of hydrogen-bond acceptors (Lipinski definition) is 13. The van der Waals surface area contributed by atoms with Crippen LogP contribution in [0, 0.1) is 27.7 Å². The molecule has 14 aromatic rings. The Kier molecular flexibility index (Phi) is 15.4. The fraction of sp³-hybridized carbons (Fsp3) is 0.190. The number of methoxy groups -OCH3 is 1. The van der Waals surface area contributed by atoms with Crippen LogP contribution in [0.5, 0.6) is 0 Å². The lowest BCUT2D eigenvalue weighted by Gasteiger charge is -2.06. The molecule has 10 heterocycles. The van der Waals surface area contributed by atoms with E-state index in [4.69, 9.17) is 14.9 Å². The molecule has 0 spiro atoms. The lowest BCUT2D eigenvalue weighted by Crippen LogP contribution is -2.22. The molecule has 0 aliphatic rings. The zero-order chi connectivity index (χ0) is 57.9. The third-order valence-electron chi connectivity index (χ3n) is 13.7. The largest absolute Gasteiger partial charge is 0.477 e. The number of H-pyrrole nitrogens is 5. The van der Waals surface area contributed by atoms with Crippen molar-refractivity contribution in [1.29, 1.82) is 0 Å². The predicted octanol–water partition coefficient (Wildman–Crippen LogP) is 5.94. The summed E-state index contributed by atoms with van der Waals surface area (Å²) in [5.74, 6) is 1.40. The van der Waals surface area contributed by atoms with Gasteiger partial charge in [-0.3, -0.25) is 28.4 Å². The van der Waals surface area contributed by atoms with Gasteiger partial charge in [-0.25, -0.2) is 47.3 Å². The van der Waals surface area contributed by atoms with Crippen molar-refractivity contribution in [2.45, 2.75) is 53.9 Å². The second-order valence-corrected chi connectivity index (χ2v) is 18.9. The normalized spacial score (nSPS) is 11.3. The van der Waals surface area contributed by atoms with Crippen molar-refractivity contribution in [1.82, 2.24) is 71.8 Å². The first-order valence-corrected chi connectivity index (χ1v) is 25.9. The van der Waals surface area contributed by atoms with Gasteiger partial charge in [-0.1, -0.05) is 55.5 Å². The number of carbonyl (C=O) groups is 1. The van der Waals surface area contributed by atoms with Gasteiger partial charge in [-0.2, -0.15) is 0 Å². The molecular weight excluding hydrogens is 1050 g/mol. The first kappa shape index (κ1) is 54.8. The van der Waals surface area contributed by atoms with Gasteiger partial charge in [0, 0.05) is 84.5 Å². The maximum Gasteiger partial charge on any atom is 0.342 e. The van der Waals surface area contributed by atoms with E-state index >= 15 is 0 Å². The minimum atomic E-state index is -1.28. The summed E-state index contributed by atoms with van der Waals surface area (Å²) in [7, 11) is 1.63. The van der Waals surface area contributed by atoms with Gasteiger partial charge < -0.3 is 39.9 Å². The molecule has 0 saturated carbocycles. The maximum atomic E-state index is 12.6. The van der Waals surface area contributed by atoms with Crippen LogP contribution in [0.2, 0.25) is 0 Å². The Labute approximate surface area is 461 Å². The van der Waals surface area contributed by atoms with E-state index in [1.165, 1.54) is 8.80 Å². The topological polar surface area (TPSA) is 318 Å². The molecule has 0 fully saturated rings. The van der Waals surface area contributed by atoms with Crippen LogP contribution in [0.4, 0.5) is 0 Å². The third-order valence-corrected chi connectivity index (χ3v) is 13.7. The van der Waals surface area contributed by atoms with Crippen LogP contribution < -0.4 is 27.8 Å². The lowest BCUT2D eigenvalue weighted by atomic mass is 10.2. The molecule has 0 saturated heterocycles. The number of nitrogens with one attached hydrogen (secondary N) is 5. The Hall–Kier alpha value is -10.6. The minimum Gasteiger partial charge on any atom is -0.477 e. The van der Waals surface area contributed by atoms with Crippen molar-refractivity contribution in [3.63, 3.8) is 0 Å². The van der Waals surface area contributed by atoms with E-state index < -0.39 is 11.5 Å². The van der Waals surface area contributed by atoms with Crippen molar-refractivity contribution >= 4 is 79.0 Å². The van der Waals surface area contributed by atoms with Gasteiger partial charge in [0.2, 0.25) is 28.9 Å². The SMILES string of the molecule is CCc1c(C)[nH]c2nccn2c1=O.COCCc1c(C)[nH]c2nc3ccccc3n2c1=O.Cc1[nH]c2nc3ccccc3n2c(=O)c1CCO.Cc1cc(=O)n2c(nc3ccccc32)[nH]1.O=C(O)c1cnc2[nH]c3ccccc3n2c1=O. The first-order valence-electron chi connectivity index (χ1n) is 25.9. The molecule has 0 atom stereocenters. The molecular formula is C58H55N15O9. The van der Waals surface area contributed by atoms with Crippen LogP contribution in [0.25, 0.3) is 73.0 Å². The minimum absolute atomic E-state index is 0.0167. The van der Waals surface area contributed by atoms with Gasteiger partial charge in [-0.05, 0) is 82.6 Å². The number of aromatic nitrogens is 15. The van der Waals surface area contributed by atoms with Crippen molar-refractivity contribution in [3.8, 4) is 0 Å². The number of imidazole rings is 5. The highest BCUT2D eigenvalue weighted by atomic mass is 16.5. The first-order chi connectivity index (χ1) is 39.6. The zero-order valence-electron chi connectivity index (χ0n) is 45.3. The van der Waals surface area contributed by atoms with Gasteiger partial charge in [0.05, 0.1) is 56.9 Å². The van der Waals surface area contributed by atoms with E-state index in [9.17, 15) is 28.8 Å². The fourth-order valence-electron chi connectivity index (χ4n) is 9.74. The second kappa shape index (κ2) is 23.0. The molecule has 0 unspecified atom stereocenters. The molecule has 0 radical (unpaired) electrons. The van der Waals surface area contributed by atoms with E-state index in [0.717, 1.165) is 85.1 Å². The smallest absolute Gasteiger partial charge is 0.342 e. The number of benzene rings is 4.